The average molecular weight is 279 g/mol. The second-order valence-electron chi connectivity index (χ2n) is 4.20. The standard InChI is InChI=1S/C12H20O6.CH4.H2/c1-8(13)6-10(7-11(14)15)4-5-18-12(16)9(2)17-3;;/h9-10H,4-7H2,1-3H3,(H,14,15);1H4;1H/i;;1+1. The molecule has 0 rings (SSSR count). The lowest BCUT2D eigenvalue weighted by Crippen LogP contribution is -2.23. The van der Waals surface area contributed by atoms with E-state index >= 15 is 0 Å². The van der Waals surface area contributed by atoms with Gasteiger partial charge >= 0.3 is 11.9 Å². The SMILES string of the molecule is C.COC(C)C(=O)OCCC(CC(C)=O)CC(=O)O.[2HH]. The van der Waals surface area contributed by atoms with Crippen LogP contribution in [0.15, 0.2) is 0 Å². The van der Waals surface area contributed by atoms with Crippen molar-refractivity contribution in [3.05, 3.63) is 0 Å². The Morgan fingerprint density at radius 2 is 1.84 bits per heavy atom. The third-order valence-electron chi connectivity index (χ3n) is 2.50. The highest BCUT2D eigenvalue weighted by atomic mass is 16.6. The predicted molar refractivity (Wildman–Crippen MR) is 71.9 cm³/mol. The molecule has 0 aliphatic heterocycles. The molecular formula is C13H26O6. The molecular weight excluding hydrogens is 252 g/mol. The van der Waals surface area contributed by atoms with Gasteiger partial charge in [0.05, 0.1) is 6.61 Å². The van der Waals surface area contributed by atoms with E-state index in [9.17, 15) is 14.4 Å². The lowest BCUT2D eigenvalue weighted by atomic mass is 9.96. The molecule has 0 aliphatic carbocycles. The van der Waals surface area contributed by atoms with Gasteiger partial charge in [0.2, 0.25) is 0 Å². The van der Waals surface area contributed by atoms with Gasteiger partial charge in [0.1, 0.15) is 5.78 Å². The maximum atomic E-state index is 11.3. The van der Waals surface area contributed by atoms with E-state index in [-0.39, 0.29) is 40.0 Å². The largest absolute Gasteiger partial charge is 0.481 e. The molecule has 0 saturated carbocycles. The second-order valence-corrected chi connectivity index (χ2v) is 4.20. The quantitative estimate of drug-likeness (QED) is 0.648. The minimum atomic E-state index is -0.960. The van der Waals surface area contributed by atoms with Crippen molar-refractivity contribution in [3.8, 4) is 0 Å². The van der Waals surface area contributed by atoms with Crippen LogP contribution in [0.5, 0.6) is 0 Å². The van der Waals surface area contributed by atoms with Gasteiger partial charge < -0.3 is 19.4 Å². The monoisotopic (exact) mass is 279 g/mol. The zero-order valence-corrected chi connectivity index (χ0v) is 11.0. The van der Waals surface area contributed by atoms with Gasteiger partial charge in [-0.15, -0.1) is 0 Å². The highest BCUT2D eigenvalue weighted by Gasteiger charge is 2.18. The lowest BCUT2D eigenvalue weighted by molar-refractivity contribution is -0.154. The normalized spacial score (nSPS) is 13.0. The van der Waals surface area contributed by atoms with Gasteiger partial charge in [-0.25, -0.2) is 4.79 Å². The smallest absolute Gasteiger partial charge is 0.334 e. The Bertz CT molecular complexity index is 289. The van der Waals surface area contributed by atoms with Crippen LogP contribution in [0, 0.1) is 5.92 Å². The number of carboxylic acids is 1. The van der Waals surface area contributed by atoms with Crippen molar-refractivity contribution >= 4 is 17.7 Å². The molecule has 2 atom stereocenters. The number of Topliss-reactive ketones (excluding diaryl/α,β-unsaturated/α-hetero) is 1. The van der Waals surface area contributed by atoms with E-state index in [1.165, 1.54) is 14.0 Å². The molecule has 114 valence electrons. The highest BCUT2D eigenvalue weighted by Crippen LogP contribution is 2.14. The van der Waals surface area contributed by atoms with Crippen molar-refractivity contribution in [2.24, 2.45) is 5.92 Å². The summed E-state index contributed by atoms with van der Waals surface area (Å²) < 4.78 is 9.70. The van der Waals surface area contributed by atoms with Crippen LogP contribution in [0.2, 0.25) is 0 Å². The van der Waals surface area contributed by atoms with Crippen LogP contribution >= 0.6 is 0 Å². The number of carbonyl (C=O) groups is 3. The molecule has 0 spiro atoms. The third-order valence-corrected chi connectivity index (χ3v) is 2.50. The Balaban J connectivity index is -0.00000144. The van der Waals surface area contributed by atoms with Crippen molar-refractivity contribution in [1.82, 2.24) is 0 Å². The number of aliphatic carboxylic acids is 1. The fourth-order valence-corrected chi connectivity index (χ4v) is 1.47. The summed E-state index contributed by atoms with van der Waals surface area (Å²) in [4.78, 5) is 32.8. The number of rotatable bonds is 9. The van der Waals surface area contributed by atoms with E-state index in [0.717, 1.165) is 0 Å². The topological polar surface area (TPSA) is 89.9 Å². The summed E-state index contributed by atoms with van der Waals surface area (Å²) in [6.45, 7) is 3.07. The maximum Gasteiger partial charge on any atom is 0.334 e. The van der Waals surface area contributed by atoms with E-state index in [1.807, 2.05) is 0 Å². The summed E-state index contributed by atoms with van der Waals surface area (Å²) in [7, 11) is 1.40. The van der Waals surface area contributed by atoms with Gasteiger partial charge in [0, 0.05) is 21.4 Å². The lowest BCUT2D eigenvalue weighted by Gasteiger charge is -2.14. The van der Waals surface area contributed by atoms with E-state index < -0.39 is 18.0 Å². The number of ether oxygens (including phenoxy) is 2. The van der Waals surface area contributed by atoms with E-state index in [0.29, 0.717) is 6.42 Å². The maximum absolute atomic E-state index is 11.3. The van der Waals surface area contributed by atoms with Crippen molar-refractivity contribution < 1.29 is 30.4 Å². The average Bonchev–Trinajstić information content (AvgIpc) is 2.25. The molecule has 0 radical (unpaired) electrons. The molecule has 0 aliphatic rings. The van der Waals surface area contributed by atoms with Gasteiger partial charge in [-0.3, -0.25) is 4.79 Å². The molecule has 0 aromatic carbocycles. The Hall–Kier alpha value is -1.43. The minimum Gasteiger partial charge on any atom is -0.481 e. The zero-order chi connectivity index (χ0) is 14.1. The molecule has 2 unspecified atom stereocenters. The van der Waals surface area contributed by atoms with Crippen molar-refractivity contribution in [3.63, 3.8) is 0 Å². The molecule has 6 nitrogen and oxygen atoms in total. The van der Waals surface area contributed by atoms with Crippen molar-refractivity contribution in [2.45, 2.75) is 46.6 Å². The van der Waals surface area contributed by atoms with Crippen LogP contribution in [0.3, 0.4) is 0 Å². The van der Waals surface area contributed by atoms with Gasteiger partial charge in [0.25, 0.3) is 0 Å². The number of carbonyl (C=O) groups excluding carboxylic acids is 2. The summed E-state index contributed by atoms with van der Waals surface area (Å²) in [6, 6.07) is 0. The first-order valence-electron chi connectivity index (χ1n) is 5.77. The number of hydrogen-bond donors (Lipinski definition) is 1. The summed E-state index contributed by atoms with van der Waals surface area (Å²) in [5.74, 6) is -1.82. The number of carboxylic acid groups (broad SMARTS) is 1. The number of methoxy groups -OCH3 is 1. The Morgan fingerprint density at radius 3 is 2.26 bits per heavy atom. The Kier molecular flexibility index (Phi) is 11.0. The van der Waals surface area contributed by atoms with E-state index in [4.69, 9.17) is 14.6 Å². The van der Waals surface area contributed by atoms with Crippen molar-refractivity contribution in [1.29, 1.82) is 0 Å². The van der Waals surface area contributed by atoms with Gasteiger partial charge in [-0.05, 0) is 26.2 Å². The molecule has 0 bridgehead atoms. The van der Waals surface area contributed by atoms with Gasteiger partial charge in [-0.2, -0.15) is 0 Å². The van der Waals surface area contributed by atoms with Gasteiger partial charge in [0.15, 0.2) is 6.10 Å². The second kappa shape index (κ2) is 10.5. The highest BCUT2D eigenvalue weighted by molar-refractivity contribution is 5.77. The van der Waals surface area contributed by atoms with Crippen LogP contribution in [-0.4, -0.2) is 42.6 Å². The fraction of sp³-hybridized carbons (Fsp3) is 0.769. The van der Waals surface area contributed by atoms with E-state index in [2.05, 4.69) is 0 Å². The molecule has 0 aromatic rings. The first-order chi connectivity index (χ1) is 8.36. The van der Waals surface area contributed by atoms with Gasteiger partial charge in [-0.1, -0.05) is 7.43 Å². The van der Waals surface area contributed by atoms with Crippen LogP contribution in [0.1, 0.15) is 42.0 Å². The molecule has 0 heterocycles. The molecule has 0 amide bonds. The summed E-state index contributed by atoms with van der Waals surface area (Å²) in [6.07, 6.45) is -0.204. The van der Waals surface area contributed by atoms with Crippen LogP contribution in [-0.2, 0) is 23.9 Å². The summed E-state index contributed by atoms with van der Waals surface area (Å²) >= 11 is 0. The first kappa shape index (κ1) is 19.9. The predicted octanol–water partition coefficient (Wildman–Crippen LogP) is 1.91. The molecule has 19 heavy (non-hydrogen) atoms. The molecule has 1 N–H and O–H groups in total. The number of hydrogen-bond acceptors (Lipinski definition) is 5. The Morgan fingerprint density at radius 1 is 1.26 bits per heavy atom. The third kappa shape index (κ3) is 10.2. The number of esters is 1. The van der Waals surface area contributed by atoms with Crippen LogP contribution in [0.4, 0.5) is 0 Å². The zero-order valence-electron chi connectivity index (χ0n) is 11.0. The van der Waals surface area contributed by atoms with Crippen LogP contribution in [0.25, 0.3) is 0 Å². The van der Waals surface area contributed by atoms with E-state index in [1.54, 1.807) is 6.92 Å². The first-order valence-corrected chi connectivity index (χ1v) is 5.77. The molecule has 0 fully saturated rings. The van der Waals surface area contributed by atoms with Crippen LogP contribution < -0.4 is 0 Å². The van der Waals surface area contributed by atoms with Crippen molar-refractivity contribution in [2.75, 3.05) is 13.7 Å². The fourth-order valence-electron chi connectivity index (χ4n) is 1.47. The molecule has 0 aromatic heterocycles. The molecule has 6 heteroatoms. The minimum absolute atomic E-state index is 0. The number of ketones is 1. The molecule has 0 saturated heterocycles. The summed E-state index contributed by atoms with van der Waals surface area (Å²) in [5, 5.41) is 8.69. The Labute approximate surface area is 115 Å². The summed E-state index contributed by atoms with van der Waals surface area (Å²) in [5.41, 5.74) is 0.